The Balaban J connectivity index is 1.67. The third kappa shape index (κ3) is 3.91. The van der Waals surface area contributed by atoms with Crippen LogP contribution in [0.5, 0.6) is 5.75 Å². The fraction of sp³-hybridized carbons (Fsp3) is 0.292. The van der Waals surface area contributed by atoms with Gasteiger partial charge >= 0.3 is 5.63 Å². The second-order valence-electron chi connectivity index (χ2n) is 8.25. The lowest BCUT2D eigenvalue weighted by molar-refractivity contribution is -0.127. The minimum absolute atomic E-state index is 0.0354. The summed E-state index contributed by atoms with van der Waals surface area (Å²) >= 11 is 0. The number of para-hydroxylation sites is 1. The fourth-order valence-electron chi connectivity index (χ4n) is 3.59. The third-order valence-corrected chi connectivity index (χ3v) is 5.25. The molecule has 0 bridgehead atoms. The summed E-state index contributed by atoms with van der Waals surface area (Å²) in [5.41, 5.74) is 0.00461. The molecule has 0 radical (unpaired) electrons. The van der Waals surface area contributed by atoms with Gasteiger partial charge in [-0.05, 0) is 50.6 Å². The van der Waals surface area contributed by atoms with Gasteiger partial charge in [0.1, 0.15) is 23.5 Å². The van der Waals surface area contributed by atoms with E-state index in [0.717, 1.165) is 6.42 Å². The van der Waals surface area contributed by atoms with Gasteiger partial charge in [-0.1, -0.05) is 25.1 Å². The van der Waals surface area contributed by atoms with Gasteiger partial charge in [-0.2, -0.15) is 0 Å². The molecule has 1 aliphatic heterocycles. The Bertz CT molecular complexity index is 1230. The second kappa shape index (κ2) is 7.91. The van der Waals surface area contributed by atoms with Crippen LogP contribution < -0.4 is 20.6 Å². The molecular formula is C24H24N2O5. The Kier molecular flexibility index (Phi) is 5.27. The lowest BCUT2D eigenvalue weighted by Gasteiger charge is -2.27. The van der Waals surface area contributed by atoms with E-state index in [0.29, 0.717) is 34.6 Å². The quantitative estimate of drug-likeness (QED) is 0.639. The molecule has 2 heterocycles. The number of nitrogens with one attached hydrogen (secondary N) is 1. The molecule has 2 aromatic carbocycles. The maximum atomic E-state index is 13.0. The Labute approximate surface area is 179 Å². The van der Waals surface area contributed by atoms with E-state index in [1.54, 1.807) is 47.4 Å². The summed E-state index contributed by atoms with van der Waals surface area (Å²) in [6, 6.07) is 13.6. The summed E-state index contributed by atoms with van der Waals surface area (Å²) in [4.78, 5) is 39.8. The lowest BCUT2D eigenvalue weighted by atomic mass is 9.93. The summed E-state index contributed by atoms with van der Waals surface area (Å²) < 4.78 is 11.1. The van der Waals surface area contributed by atoms with Gasteiger partial charge in [-0.15, -0.1) is 0 Å². The molecule has 160 valence electrons. The first-order valence-electron chi connectivity index (χ1n) is 10.2. The fourth-order valence-corrected chi connectivity index (χ4v) is 3.59. The van der Waals surface area contributed by atoms with Gasteiger partial charge < -0.3 is 19.4 Å². The predicted octanol–water partition coefficient (Wildman–Crippen LogP) is 4.21. The Morgan fingerprint density at radius 3 is 2.68 bits per heavy atom. The van der Waals surface area contributed by atoms with Crippen LogP contribution >= 0.6 is 0 Å². The summed E-state index contributed by atoms with van der Waals surface area (Å²) in [7, 11) is 0. The molecule has 2 amide bonds. The summed E-state index contributed by atoms with van der Waals surface area (Å²) in [5.74, 6) is -0.0370. The van der Waals surface area contributed by atoms with Crippen LogP contribution in [-0.4, -0.2) is 25.0 Å². The molecule has 0 spiro atoms. The van der Waals surface area contributed by atoms with E-state index in [-0.39, 0.29) is 18.1 Å². The first-order valence-corrected chi connectivity index (χ1v) is 10.2. The van der Waals surface area contributed by atoms with Gasteiger partial charge in [0.2, 0.25) is 5.91 Å². The number of benzene rings is 2. The zero-order valence-electron chi connectivity index (χ0n) is 17.7. The van der Waals surface area contributed by atoms with Crippen LogP contribution in [0.4, 0.5) is 11.4 Å². The van der Waals surface area contributed by atoms with Crippen molar-refractivity contribution in [3.63, 3.8) is 0 Å². The van der Waals surface area contributed by atoms with Crippen molar-refractivity contribution in [1.29, 1.82) is 0 Å². The number of fused-ring (bicyclic) bond motifs is 2. The second-order valence-corrected chi connectivity index (χ2v) is 8.25. The summed E-state index contributed by atoms with van der Waals surface area (Å²) in [6.07, 6.45) is 0.774. The third-order valence-electron chi connectivity index (χ3n) is 5.25. The predicted molar refractivity (Wildman–Crippen MR) is 119 cm³/mol. The number of hydrogen-bond acceptors (Lipinski definition) is 5. The summed E-state index contributed by atoms with van der Waals surface area (Å²) in [5, 5.41) is 3.40. The normalized spacial score (nSPS) is 15.2. The highest BCUT2D eigenvalue weighted by Crippen LogP contribution is 2.38. The highest BCUT2D eigenvalue weighted by atomic mass is 16.5. The van der Waals surface area contributed by atoms with Gasteiger partial charge in [0.25, 0.3) is 5.91 Å². The van der Waals surface area contributed by atoms with Crippen molar-refractivity contribution in [3.05, 3.63) is 64.5 Å². The molecule has 1 aromatic heterocycles. The van der Waals surface area contributed by atoms with Gasteiger partial charge in [0.15, 0.2) is 0 Å². The zero-order chi connectivity index (χ0) is 22.2. The van der Waals surface area contributed by atoms with Crippen molar-refractivity contribution < 1.29 is 18.7 Å². The number of nitrogens with zero attached hydrogens (tertiary/aromatic N) is 1. The molecule has 0 saturated heterocycles. The smallest absolute Gasteiger partial charge is 0.349 e. The maximum Gasteiger partial charge on any atom is 0.349 e. The van der Waals surface area contributed by atoms with Crippen molar-refractivity contribution in [2.75, 3.05) is 23.4 Å². The minimum Gasteiger partial charge on any atom is -0.490 e. The molecule has 7 nitrogen and oxygen atoms in total. The molecule has 0 fully saturated rings. The topological polar surface area (TPSA) is 88.8 Å². The number of hydrogen-bond donors (Lipinski definition) is 1. The van der Waals surface area contributed by atoms with E-state index in [1.807, 2.05) is 20.8 Å². The first kappa shape index (κ1) is 20.7. The van der Waals surface area contributed by atoms with Crippen LogP contribution in [0.1, 0.15) is 37.6 Å². The van der Waals surface area contributed by atoms with E-state index in [1.165, 1.54) is 6.07 Å². The molecule has 3 aromatic rings. The van der Waals surface area contributed by atoms with Crippen LogP contribution in [0, 0.1) is 5.41 Å². The SMILES string of the molecule is CCCN1C(=O)C(C)(C)COc2ccc(NC(=O)c3cc4ccccc4oc3=O)cc21. The van der Waals surface area contributed by atoms with E-state index >= 15 is 0 Å². The van der Waals surface area contributed by atoms with Gasteiger partial charge in [-0.3, -0.25) is 9.59 Å². The molecule has 0 atom stereocenters. The largest absolute Gasteiger partial charge is 0.490 e. The molecule has 1 aliphatic rings. The van der Waals surface area contributed by atoms with Crippen LogP contribution in [0.3, 0.4) is 0 Å². The highest BCUT2D eigenvalue weighted by Gasteiger charge is 2.37. The van der Waals surface area contributed by atoms with Crippen molar-refractivity contribution in [3.8, 4) is 5.75 Å². The van der Waals surface area contributed by atoms with Crippen molar-refractivity contribution in [2.45, 2.75) is 27.2 Å². The van der Waals surface area contributed by atoms with Crippen molar-refractivity contribution in [2.24, 2.45) is 5.41 Å². The molecule has 0 saturated carbocycles. The number of ether oxygens (including phenoxy) is 1. The monoisotopic (exact) mass is 420 g/mol. The minimum atomic E-state index is -0.709. The van der Waals surface area contributed by atoms with Crippen molar-refractivity contribution in [1.82, 2.24) is 0 Å². The average Bonchev–Trinajstić information content (AvgIpc) is 2.83. The highest BCUT2D eigenvalue weighted by molar-refractivity contribution is 6.06. The van der Waals surface area contributed by atoms with Gasteiger partial charge in [0.05, 0.1) is 11.1 Å². The number of carbonyl (C=O) groups is 2. The molecule has 1 N–H and O–H groups in total. The van der Waals surface area contributed by atoms with Gasteiger partial charge in [-0.25, -0.2) is 4.79 Å². The Morgan fingerprint density at radius 2 is 1.90 bits per heavy atom. The van der Waals surface area contributed by atoms with Crippen LogP contribution in [0.25, 0.3) is 11.0 Å². The van der Waals surface area contributed by atoms with Gasteiger partial charge in [0, 0.05) is 17.6 Å². The number of anilines is 2. The zero-order valence-corrected chi connectivity index (χ0v) is 17.7. The number of rotatable bonds is 4. The number of carbonyl (C=O) groups excluding carboxylic acids is 2. The maximum absolute atomic E-state index is 13.0. The molecule has 31 heavy (non-hydrogen) atoms. The van der Waals surface area contributed by atoms with Crippen LogP contribution in [0.2, 0.25) is 0 Å². The van der Waals surface area contributed by atoms with E-state index < -0.39 is 16.9 Å². The van der Waals surface area contributed by atoms with E-state index in [4.69, 9.17) is 9.15 Å². The van der Waals surface area contributed by atoms with E-state index in [9.17, 15) is 14.4 Å². The molecule has 0 aliphatic carbocycles. The van der Waals surface area contributed by atoms with Crippen LogP contribution in [0.15, 0.2) is 57.7 Å². The van der Waals surface area contributed by atoms with E-state index in [2.05, 4.69) is 5.32 Å². The molecule has 4 rings (SSSR count). The standard InChI is InChI=1S/C24H24N2O5/c1-4-11-26-18-13-16(9-10-20(18)30-14-24(2,3)23(26)29)25-21(27)17-12-15-7-5-6-8-19(15)31-22(17)28/h5-10,12-13H,4,11,14H2,1-3H3,(H,25,27). The molecular weight excluding hydrogens is 396 g/mol. The molecule has 7 heteroatoms. The number of amides is 2. The van der Waals surface area contributed by atoms with Crippen molar-refractivity contribution >= 4 is 34.2 Å². The van der Waals surface area contributed by atoms with Crippen LogP contribution in [-0.2, 0) is 4.79 Å². The average molecular weight is 420 g/mol. The Hall–Kier alpha value is -3.61. The lowest BCUT2D eigenvalue weighted by Crippen LogP contribution is -2.42. The molecule has 0 unspecified atom stereocenters. The summed E-state index contributed by atoms with van der Waals surface area (Å²) in [6.45, 7) is 6.50. The first-order chi connectivity index (χ1) is 14.8. The Morgan fingerprint density at radius 1 is 1.13 bits per heavy atom.